The molecule has 0 aromatic heterocycles. The monoisotopic (exact) mass is 197 g/mol. The van der Waals surface area contributed by atoms with Crippen molar-refractivity contribution in [2.24, 2.45) is 0 Å². The van der Waals surface area contributed by atoms with Crippen LogP contribution in [0.4, 0.5) is 0 Å². The predicted octanol–water partition coefficient (Wildman–Crippen LogP) is 1.02. The van der Waals surface area contributed by atoms with Gasteiger partial charge >= 0.3 is 0 Å². The van der Waals surface area contributed by atoms with E-state index in [2.05, 4.69) is 4.74 Å². The van der Waals surface area contributed by atoms with Crippen LogP contribution < -0.4 is 0 Å². The fourth-order valence-corrected chi connectivity index (χ4v) is 2.01. The van der Waals surface area contributed by atoms with Gasteiger partial charge in [-0.25, -0.2) is 8.42 Å². The Morgan fingerprint density at radius 3 is 2.38 bits per heavy atom. The van der Waals surface area contributed by atoms with E-state index in [0.717, 1.165) is 0 Å². The zero-order valence-corrected chi connectivity index (χ0v) is 7.75. The van der Waals surface area contributed by atoms with Crippen LogP contribution in [0.3, 0.4) is 0 Å². The fraction of sp³-hybridized carbons (Fsp3) is 0.222. The Hall–Kier alpha value is -0.870. The zero-order valence-electron chi connectivity index (χ0n) is 6.93. The largest absolute Gasteiger partial charge is 0.364 e. The second kappa shape index (κ2) is 4.39. The Balaban J connectivity index is 2.83. The van der Waals surface area contributed by atoms with E-state index >= 15 is 0 Å². The lowest BCUT2D eigenvalue weighted by Crippen LogP contribution is -2.10. The lowest BCUT2D eigenvalue weighted by atomic mass is 10.4. The van der Waals surface area contributed by atoms with Crippen LogP contribution >= 0.6 is 0 Å². The molecule has 0 amide bonds. The summed E-state index contributed by atoms with van der Waals surface area (Å²) in [6.45, 7) is -0.1000. The molecule has 0 saturated heterocycles. The van der Waals surface area contributed by atoms with Gasteiger partial charge in [0.05, 0.1) is 17.3 Å². The van der Waals surface area contributed by atoms with Crippen molar-refractivity contribution in [2.75, 3.05) is 12.4 Å². The van der Waals surface area contributed by atoms with Gasteiger partial charge in [-0.2, -0.15) is 0 Å². The molecule has 0 heterocycles. The van der Waals surface area contributed by atoms with Crippen LogP contribution in [0, 0.1) is 7.11 Å². The third kappa shape index (κ3) is 2.82. The molecule has 0 saturated carbocycles. The molecule has 3 radical (unpaired) electrons. The molecule has 0 atom stereocenters. The molecule has 0 aliphatic heterocycles. The fourth-order valence-electron chi connectivity index (χ4n) is 0.897. The van der Waals surface area contributed by atoms with Crippen molar-refractivity contribution in [1.29, 1.82) is 0 Å². The van der Waals surface area contributed by atoms with E-state index in [1.807, 2.05) is 0 Å². The van der Waals surface area contributed by atoms with Crippen molar-refractivity contribution in [1.82, 2.24) is 0 Å². The second-order valence-electron chi connectivity index (χ2n) is 2.48. The second-order valence-corrected chi connectivity index (χ2v) is 4.59. The van der Waals surface area contributed by atoms with E-state index < -0.39 is 9.84 Å². The third-order valence-corrected chi connectivity index (χ3v) is 3.25. The highest BCUT2D eigenvalue weighted by molar-refractivity contribution is 7.91. The smallest absolute Gasteiger partial charge is 0.180 e. The Kier molecular flexibility index (Phi) is 3.45. The van der Waals surface area contributed by atoms with Crippen molar-refractivity contribution >= 4 is 9.84 Å². The van der Waals surface area contributed by atoms with Crippen LogP contribution in [0.25, 0.3) is 0 Å². The first-order chi connectivity index (χ1) is 6.17. The van der Waals surface area contributed by atoms with Gasteiger partial charge in [0.15, 0.2) is 16.9 Å². The Morgan fingerprint density at radius 1 is 1.23 bits per heavy atom. The Labute approximate surface area is 78.3 Å². The topological polar surface area (TPSA) is 43.4 Å². The van der Waals surface area contributed by atoms with Crippen LogP contribution in [0.2, 0.25) is 0 Å². The molecule has 13 heavy (non-hydrogen) atoms. The van der Waals surface area contributed by atoms with Crippen LogP contribution in [-0.2, 0) is 14.6 Å². The molecule has 0 aliphatic rings. The van der Waals surface area contributed by atoms with Gasteiger partial charge < -0.3 is 4.74 Å². The number of hydrogen-bond donors (Lipinski definition) is 0. The third-order valence-electron chi connectivity index (χ3n) is 1.56. The lowest BCUT2D eigenvalue weighted by molar-refractivity contribution is 0.263. The molecule has 0 N–H and O–H groups in total. The van der Waals surface area contributed by atoms with E-state index in [0.29, 0.717) is 0 Å². The predicted molar refractivity (Wildman–Crippen MR) is 47.7 cm³/mol. The van der Waals surface area contributed by atoms with E-state index in [1.165, 1.54) is 12.1 Å². The summed E-state index contributed by atoms with van der Waals surface area (Å²) in [4.78, 5) is 0.270. The quantitative estimate of drug-likeness (QED) is 0.723. The first kappa shape index (κ1) is 10.2. The molecule has 4 heteroatoms. The number of rotatable bonds is 4. The zero-order chi connectivity index (χ0) is 9.73. The SMILES string of the molecule is [C]OCCS(=O)(=O)c1ccccc1. The number of sulfone groups is 1. The molecule has 1 aromatic rings. The maximum atomic E-state index is 11.4. The molecule has 69 valence electrons. The van der Waals surface area contributed by atoms with E-state index in [-0.39, 0.29) is 17.3 Å². The van der Waals surface area contributed by atoms with Crippen LogP contribution in [-0.4, -0.2) is 20.8 Å². The van der Waals surface area contributed by atoms with Gasteiger partial charge in [-0.1, -0.05) is 18.2 Å². The molecule has 0 aliphatic carbocycles. The molecule has 0 fully saturated rings. The van der Waals surface area contributed by atoms with Gasteiger partial charge in [0.25, 0.3) is 0 Å². The minimum atomic E-state index is -3.27. The molecule has 1 rings (SSSR count). The lowest BCUT2D eigenvalue weighted by Gasteiger charge is -2.01. The maximum absolute atomic E-state index is 11.4. The summed E-state index contributed by atoms with van der Waals surface area (Å²) in [6.07, 6.45) is 0. The maximum Gasteiger partial charge on any atom is 0.180 e. The van der Waals surface area contributed by atoms with Gasteiger partial charge in [0.2, 0.25) is 0 Å². The highest BCUT2D eigenvalue weighted by Gasteiger charge is 2.12. The van der Waals surface area contributed by atoms with E-state index in [4.69, 9.17) is 7.11 Å². The minimum absolute atomic E-state index is 0.1000. The molecule has 0 unspecified atom stereocenters. The van der Waals surface area contributed by atoms with Gasteiger partial charge in [-0.05, 0) is 12.1 Å². The summed E-state index contributed by atoms with van der Waals surface area (Å²) in [5, 5.41) is 0. The molecule has 0 bridgehead atoms. The average Bonchev–Trinajstić information content (AvgIpc) is 2.16. The van der Waals surface area contributed by atoms with E-state index in [1.54, 1.807) is 18.2 Å². The van der Waals surface area contributed by atoms with E-state index in [9.17, 15) is 8.42 Å². The van der Waals surface area contributed by atoms with Crippen LogP contribution in [0.1, 0.15) is 0 Å². The number of benzene rings is 1. The molecular weight excluding hydrogens is 188 g/mol. The summed E-state index contributed by atoms with van der Waals surface area (Å²) in [7, 11) is 3.11. The molecule has 1 aromatic carbocycles. The molecule has 3 nitrogen and oxygen atoms in total. The van der Waals surface area contributed by atoms with Crippen molar-refractivity contribution < 1.29 is 13.2 Å². The summed E-state index contributed by atoms with van der Waals surface area (Å²) >= 11 is 0. The summed E-state index contributed by atoms with van der Waals surface area (Å²) < 4.78 is 26.8. The van der Waals surface area contributed by atoms with Crippen molar-refractivity contribution in [3.8, 4) is 0 Å². The van der Waals surface area contributed by atoms with Gasteiger partial charge in [-0.15, -0.1) is 0 Å². The minimum Gasteiger partial charge on any atom is -0.364 e. The summed E-state index contributed by atoms with van der Waals surface area (Å²) in [5.41, 5.74) is 0. The Morgan fingerprint density at radius 2 is 1.85 bits per heavy atom. The first-order valence-electron chi connectivity index (χ1n) is 3.73. The standard InChI is InChI=1S/C9H9O3S/c1-12-7-8-13(10,11)9-5-3-2-4-6-9/h2-6H,7-8H2. The summed E-state index contributed by atoms with van der Waals surface area (Å²) in [6, 6.07) is 8.13. The number of hydrogen-bond acceptors (Lipinski definition) is 3. The number of ether oxygens (including phenoxy) is 1. The highest BCUT2D eigenvalue weighted by Crippen LogP contribution is 2.09. The van der Waals surface area contributed by atoms with Gasteiger partial charge in [-0.3, -0.25) is 0 Å². The summed E-state index contributed by atoms with van der Waals surface area (Å²) in [5.74, 6) is -0.152. The van der Waals surface area contributed by atoms with Crippen LogP contribution in [0.5, 0.6) is 0 Å². The van der Waals surface area contributed by atoms with Crippen molar-refractivity contribution in [2.45, 2.75) is 4.90 Å². The molecule has 0 spiro atoms. The average molecular weight is 197 g/mol. The van der Waals surface area contributed by atoms with Crippen molar-refractivity contribution in [3.05, 3.63) is 37.4 Å². The highest BCUT2D eigenvalue weighted by atomic mass is 32.2. The molecular formula is C9H9O3S. The van der Waals surface area contributed by atoms with Gasteiger partial charge in [0.1, 0.15) is 0 Å². The normalized spacial score (nSPS) is 11.5. The Bertz CT molecular complexity index is 342. The first-order valence-corrected chi connectivity index (χ1v) is 5.38. The van der Waals surface area contributed by atoms with Crippen LogP contribution in [0.15, 0.2) is 35.2 Å². The van der Waals surface area contributed by atoms with Crippen molar-refractivity contribution in [3.63, 3.8) is 0 Å². The van der Waals surface area contributed by atoms with Gasteiger partial charge in [0, 0.05) is 0 Å².